The topological polar surface area (TPSA) is 29.3 Å². The monoisotopic (exact) mass is 332 g/mol. The Labute approximate surface area is 129 Å². The third-order valence-corrected chi connectivity index (χ3v) is 4.31. The van der Waals surface area contributed by atoms with Gasteiger partial charge in [-0.05, 0) is 37.2 Å². The second-order valence-corrected chi connectivity index (χ2v) is 5.86. The van der Waals surface area contributed by atoms with Gasteiger partial charge in [0, 0.05) is 17.1 Å². The van der Waals surface area contributed by atoms with E-state index >= 15 is 0 Å². The number of nitrogens with zero attached hydrogens (tertiary/aromatic N) is 1. The van der Waals surface area contributed by atoms with Gasteiger partial charge in [-0.3, -0.25) is 4.90 Å². The van der Waals surface area contributed by atoms with Crippen LogP contribution in [0.25, 0.3) is 0 Å². The van der Waals surface area contributed by atoms with Gasteiger partial charge in [0.15, 0.2) is 0 Å². The summed E-state index contributed by atoms with van der Waals surface area (Å²) in [5.41, 5.74) is 8.42. The summed E-state index contributed by atoms with van der Waals surface area (Å²) in [6.45, 7) is 1.60. The third-order valence-electron chi connectivity index (χ3n) is 3.53. The lowest BCUT2D eigenvalue weighted by atomic mass is 10.0. The van der Waals surface area contributed by atoms with E-state index in [4.69, 9.17) is 5.73 Å². The molecular formula is C17H21BrN2. The van der Waals surface area contributed by atoms with E-state index in [9.17, 15) is 0 Å². The predicted molar refractivity (Wildman–Crippen MR) is 88.5 cm³/mol. The van der Waals surface area contributed by atoms with E-state index in [1.807, 2.05) is 6.07 Å². The van der Waals surface area contributed by atoms with Crippen LogP contribution in [0.5, 0.6) is 0 Å². The zero-order valence-electron chi connectivity index (χ0n) is 11.8. The second kappa shape index (κ2) is 7.58. The van der Waals surface area contributed by atoms with Crippen LogP contribution in [0.3, 0.4) is 0 Å². The number of nitrogens with two attached hydrogens (primary N) is 1. The largest absolute Gasteiger partial charge is 0.330 e. The molecule has 0 fully saturated rings. The van der Waals surface area contributed by atoms with Gasteiger partial charge >= 0.3 is 0 Å². The Morgan fingerprint density at radius 3 is 2.35 bits per heavy atom. The number of hydrogen-bond donors (Lipinski definition) is 1. The number of rotatable bonds is 6. The lowest BCUT2D eigenvalue weighted by Crippen LogP contribution is -2.26. The highest BCUT2D eigenvalue weighted by Crippen LogP contribution is 2.26. The summed E-state index contributed by atoms with van der Waals surface area (Å²) in [5, 5.41) is 0. The molecule has 1 atom stereocenters. The molecule has 2 aromatic carbocycles. The first kappa shape index (κ1) is 15.2. The molecule has 0 heterocycles. The van der Waals surface area contributed by atoms with Crippen molar-refractivity contribution in [3.8, 4) is 0 Å². The molecule has 1 unspecified atom stereocenters. The zero-order valence-corrected chi connectivity index (χ0v) is 13.4. The zero-order chi connectivity index (χ0) is 14.4. The average Bonchev–Trinajstić information content (AvgIpc) is 2.48. The molecule has 0 saturated carbocycles. The third kappa shape index (κ3) is 3.92. The van der Waals surface area contributed by atoms with E-state index in [0.29, 0.717) is 12.6 Å². The van der Waals surface area contributed by atoms with Crippen molar-refractivity contribution >= 4 is 15.9 Å². The molecule has 0 saturated heterocycles. The first-order chi connectivity index (χ1) is 9.72. The van der Waals surface area contributed by atoms with E-state index in [1.54, 1.807) is 0 Å². The summed E-state index contributed by atoms with van der Waals surface area (Å²) in [7, 11) is 2.16. The summed E-state index contributed by atoms with van der Waals surface area (Å²) < 4.78 is 1.16. The SMILES string of the molecule is CN(Cc1ccccc1Br)C(CCN)c1ccccc1. The highest BCUT2D eigenvalue weighted by Gasteiger charge is 2.16. The maximum atomic E-state index is 5.79. The first-order valence-electron chi connectivity index (χ1n) is 6.91. The van der Waals surface area contributed by atoms with Crippen molar-refractivity contribution in [1.29, 1.82) is 0 Å². The van der Waals surface area contributed by atoms with Gasteiger partial charge in [0.2, 0.25) is 0 Å². The van der Waals surface area contributed by atoms with Gasteiger partial charge in [-0.25, -0.2) is 0 Å². The Morgan fingerprint density at radius 1 is 1.05 bits per heavy atom. The van der Waals surface area contributed by atoms with Crippen LogP contribution in [0.2, 0.25) is 0 Å². The molecular weight excluding hydrogens is 312 g/mol. The van der Waals surface area contributed by atoms with Crippen LogP contribution >= 0.6 is 15.9 Å². The van der Waals surface area contributed by atoms with Gasteiger partial charge in [0.25, 0.3) is 0 Å². The highest BCUT2D eigenvalue weighted by atomic mass is 79.9. The second-order valence-electron chi connectivity index (χ2n) is 5.01. The van der Waals surface area contributed by atoms with Crippen molar-refractivity contribution in [2.75, 3.05) is 13.6 Å². The van der Waals surface area contributed by atoms with Crippen LogP contribution in [0.4, 0.5) is 0 Å². The fourth-order valence-electron chi connectivity index (χ4n) is 2.48. The van der Waals surface area contributed by atoms with Crippen molar-refractivity contribution in [3.05, 3.63) is 70.2 Å². The summed E-state index contributed by atoms with van der Waals surface area (Å²) in [6.07, 6.45) is 0.963. The maximum absolute atomic E-state index is 5.79. The van der Waals surface area contributed by atoms with E-state index < -0.39 is 0 Å². The molecule has 0 bridgehead atoms. The molecule has 0 aliphatic heterocycles. The van der Waals surface area contributed by atoms with Gasteiger partial charge in [-0.2, -0.15) is 0 Å². The number of hydrogen-bond acceptors (Lipinski definition) is 2. The Morgan fingerprint density at radius 2 is 1.70 bits per heavy atom. The minimum atomic E-state index is 0.355. The molecule has 3 heteroatoms. The molecule has 2 rings (SSSR count). The van der Waals surface area contributed by atoms with Crippen molar-refractivity contribution in [2.45, 2.75) is 19.0 Å². The minimum absolute atomic E-state index is 0.355. The molecule has 2 aromatic rings. The molecule has 106 valence electrons. The van der Waals surface area contributed by atoms with Crippen molar-refractivity contribution in [2.24, 2.45) is 5.73 Å². The Hall–Kier alpha value is -1.16. The van der Waals surface area contributed by atoms with Gasteiger partial charge in [0.05, 0.1) is 0 Å². The lowest BCUT2D eigenvalue weighted by Gasteiger charge is -2.28. The molecule has 0 aliphatic rings. The van der Waals surface area contributed by atoms with Crippen molar-refractivity contribution < 1.29 is 0 Å². The minimum Gasteiger partial charge on any atom is -0.330 e. The van der Waals surface area contributed by atoms with Crippen molar-refractivity contribution in [3.63, 3.8) is 0 Å². The Balaban J connectivity index is 2.16. The molecule has 2 nitrogen and oxygen atoms in total. The Bertz CT molecular complexity index is 528. The molecule has 0 spiro atoms. The van der Waals surface area contributed by atoms with Gasteiger partial charge in [0.1, 0.15) is 0 Å². The van der Waals surface area contributed by atoms with Crippen LogP contribution in [0, 0.1) is 0 Å². The summed E-state index contributed by atoms with van der Waals surface area (Å²) in [4.78, 5) is 2.36. The summed E-state index contributed by atoms with van der Waals surface area (Å²) in [5.74, 6) is 0. The standard InChI is InChI=1S/C17H21BrN2/c1-20(13-15-9-5-6-10-16(15)18)17(11-12-19)14-7-3-2-4-8-14/h2-10,17H,11-13,19H2,1H3. The van der Waals surface area contributed by atoms with Crippen LogP contribution < -0.4 is 5.73 Å². The molecule has 0 aromatic heterocycles. The molecule has 2 N–H and O–H groups in total. The number of benzene rings is 2. The van der Waals surface area contributed by atoms with E-state index in [0.717, 1.165) is 17.4 Å². The molecule has 20 heavy (non-hydrogen) atoms. The lowest BCUT2D eigenvalue weighted by molar-refractivity contribution is 0.226. The van der Waals surface area contributed by atoms with Crippen LogP contribution in [0.1, 0.15) is 23.6 Å². The van der Waals surface area contributed by atoms with Crippen molar-refractivity contribution in [1.82, 2.24) is 4.90 Å². The van der Waals surface area contributed by atoms with Crippen LogP contribution in [0.15, 0.2) is 59.1 Å². The smallest absolute Gasteiger partial charge is 0.0360 e. The first-order valence-corrected chi connectivity index (χ1v) is 7.70. The molecule has 0 amide bonds. The molecule has 0 aliphatic carbocycles. The number of halogens is 1. The van der Waals surface area contributed by atoms with E-state index in [-0.39, 0.29) is 0 Å². The fourth-order valence-corrected chi connectivity index (χ4v) is 2.89. The highest BCUT2D eigenvalue weighted by molar-refractivity contribution is 9.10. The van der Waals surface area contributed by atoms with Crippen LogP contribution in [-0.4, -0.2) is 18.5 Å². The maximum Gasteiger partial charge on any atom is 0.0360 e. The Kier molecular flexibility index (Phi) is 5.77. The predicted octanol–water partition coefficient (Wildman–Crippen LogP) is 3.97. The van der Waals surface area contributed by atoms with E-state index in [1.165, 1.54) is 11.1 Å². The van der Waals surface area contributed by atoms with Gasteiger partial charge in [-0.1, -0.05) is 64.5 Å². The normalized spacial score (nSPS) is 12.6. The van der Waals surface area contributed by atoms with E-state index in [2.05, 4.69) is 76.4 Å². The van der Waals surface area contributed by atoms with Gasteiger partial charge < -0.3 is 5.73 Å². The summed E-state index contributed by atoms with van der Waals surface area (Å²) >= 11 is 3.62. The fraction of sp³-hybridized carbons (Fsp3) is 0.294. The summed E-state index contributed by atoms with van der Waals surface area (Å²) in [6, 6.07) is 19.3. The van der Waals surface area contributed by atoms with Crippen LogP contribution in [-0.2, 0) is 6.54 Å². The average molecular weight is 333 g/mol. The molecule has 0 radical (unpaired) electrons. The quantitative estimate of drug-likeness (QED) is 0.867. The van der Waals surface area contributed by atoms with Gasteiger partial charge in [-0.15, -0.1) is 0 Å².